The number of hydrogen-bond donors (Lipinski definition) is 3. The zero-order valence-corrected chi connectivity index (χ0v) is 19.0. The Morgan fingerprint density at radius 3 is 2.31 bits per heavy atom. The first-order chi connectivity index (χ1) is 16.1. The van der Waals surface area contributed by atoms with E-state index in [2.05, 4.69) is 5.32 Å². The molecule has 0 spiro atoms. The van der Waals surface area contributed by atoms with Gasteiger partial charge in [0.2, 0.25) is 0 Å². The van der Waals surface area contributed by atoms with Gasteiger partial charge in [-0.05, 0) is 43.2 Å². The summed E-state index contributed by atoms with van der Waals surface area (Å²) in [6.07, 6.45) is 1.14. The van der Waals surface area contributed by atoms with Gasteiger partial charge in [-0.1, -0.05) is 30.3 Å². The summed E-state index contributed by atoms with van der Waals surface area (Å²) in [4.78, 5) is 49.8. The summed E-state index contributed by atoms with van der Waals surface area (Å²) >= 11 is 0. The SMILES string of the molecule is CC(=O)c1cccc(-c2cccc(N(C(=O)NCCC(=O)O)c3c(O)c(C)cn(C)c3=O)c2)c1.[NaH]. The summed E-state index contributed by atoms with van der Waals surface area (Å²) in [5.74, 6) is -1.54. The number of pyridine rings is 1. The van der Waals surface area contributed by atoms with E-state index in [1.54, 1.807) is 49.4 Å². The van der Waals surface area contributed by atoms with Gasteiger partial charge in [-0.2, -0.15) is 0 Å². The minimum absolute atomic E-state index is 0. The molecule has 178 valence electrons. The van der Waals surface area contributed by atoms with Crippen molar-refractivity contribution in [2.75, 3.05) is 11.4 Å². The molecule has 9 nitrogen and oxygen atoms in total. The molecular formula is C25H26N3NaO6. The molecule has 2 amide bonds. The van der Waals surface area contributed by atoms with E-state index in [0.29, 0.717) is 16.7 Å². The summed E-state index contributed by atoms with van der Waals surface area (Å²) in [5.41, 5.74) is 1.71. The number of anilines is 2. The average Bonchev–Trinajstić information content (AvgIpc) is 2.80. The molecule has 10 heteroatoms. The predicted octanol–water partition coefficient (Wildman–Crippen LogP) is 2.94. The molecule has 0 saturated carbocycles. The van der Waals surface area contributed by atoms with Gasteiger partial charge < -0.3 is 20.1 Å². The van der Waals surface area contributed by atoms with E-state index >= 15 is 0 Å². The number of aryl methyl sites for hydroxylation is 2. The molecule has 0 unspecified atom stereocenters. The number of aliphatic carboxylic acids is 1. The number of rotatable bonds is 7. The number of nitrogens with zero attached hydrogens (tertiary/aromatic N) is 2. The molecule has 1 heterocycles. The molecule has 0 atom stereocenters. The van der Waals surface area contributed by atoms with Crippen molar-refractivity contribution in [3.05, 3.63) is 76.2 Å². The van der Waals surface area contributed by atoms with Crippen LogP contribution in [0.1, 0.15) is 29.3 Å². The number of nitrogens with one attached hydrogen (secondary N) is 1. The fraction of sp³-hybridized carbons (Fsp3) is 0.200. The number of aromatic nitrogens is 1. The zero-order valence-electron chi connectivity index (χ0n) is 19.0. The maximum absolute atomic E-state index is 13.2. The molecule has 3 N–H and O–H groups in total. The number of amides is 2. The van der Waals surface area contributed by atoms with Crippen molar-refractivity contribution < 1.29 is 24.6 Å². The van der Waals surface area contributed by atoms with Gasteiger partial charge in [-0.3, -0.25) is 19.3 Å². The predicted molar refractivity (Wildman–Crippen MR) is 135 cm³/mol. The van der Waals surface area contributed by atoms with Crippen molar-refractivity contribution in [3.8, 4) is 16.9 Å². The number of hydrogen-bond acceptors (Lipinski definition) is 5. The van der Waals surface area contributed by atoms with Gasteiger partial charge in [-0.25, -0.2) is 4.79 Å². The molecule has 0 aliphatic heterocycles. The molecule has 3 rings (SSSR count). The van der Waals surface area contributed by atoms with E-state index in [-0.39, 0.29) is 65.4 Å². The van der Waals surface area contributed by atoms with Crippen LogP contribution < -0.4 is 15.8 Å². The van der Waals surface area contributed by atoms with E-state index in [1.165, 1.54) is 24.7 Å². The molecule has 35 heavy (non-hydrogen) atoms. The first-order valence-electron chi connectivity index (χ1n) is 10.5. The summed E-state index contributed by atoms with van der Waals surface area (Å²) < 4.78 is 1.25. The maximum atomic E-state index is 13.2. The van der Waals surface area contributed by atoms with Gasteiger partial charge >= 0.3 is 41.6 Å². The van der Waals surface area contributed by atoms with Gasteiger partial charge in [0.15, 0.2) is 11.5 Å². The number of carboxylic acids is 1. The molecule has 3 aromatic rings. The minimum atomic E-state index is -1.09. The molecule has 1 aromatic heterocycles. The monoisotopic (exact) mass is 487 g/mol. The first-order valence-corrected chi connectivity index (χ1v) is 10.5. The van der Waals surface area contributed by atoms with Crippen molar-refractivity contribution in [2.45, 2.75) is 20.3 Å². The Labute approximate surface area is 224 Å². The van der Waals surface area contributed by atoms with Crippen LogP contribution in [0.4, 0.5) is 16.2 Å². The Bertz CT molecular complexity index is 1340. The van der Waals surface area contributed by atoms with Gasteiger partial charge in [0.25, 0.3) is 5.56 Å². The average molecular weight is 487 g/mol. The van der Waals surface area contributed by atoms with Crippen LogP contribution in [-0.2, 0) is 11.8 Å². The quantitative estimate of drug-likeness (QED) is 0.347. The second kappa shape index (κ2) is 11.8. The third-order valence-electron chi connectivity index (χ3n) is 5.26. The third kappa shape index (κ3) is 6.39. The van der Waals surface area contributed by atoms with E-state index in [0.717, 1.165) is 10.5 Å². The van der Waals surface area contributed by atoms with Crippen molar-refractivity contribution in [1.82, 2.24) is 9.88 Å². The Morgan fingerprint density at radius 1 is 1.06 bits per heavy atom. The molecule has 0 aliphatic rings. The topological polar surface area (TPSA) is 129 Å². The normalized spacial score (nSPS) is 10.3. The second-order valence-electron chi connectivity index (χ2n) is 7.82. The Balaban J connectivity index is 0.00000432. The summed E-state index contributed by atoms with van der Waals surface area (Å²) in [7, 11) is 1.50. The summed E-state index contributed by atoms with van der Waals surface area (Å²) in [5, 5.41) is 22.1. The van der Waals surface area contributed by atoms with Crippen LogP contribution in [0, 0.1) is 6.92 Å². The van der Waals surface area contributed by atoms with Crippen LogP contribution in [0.3, 0.4) is 0 Å². The third-order valence-corrected chi connectivity index (χ3v) is 5.26. The Morgan fingerprint density at radius 2 is 1.69 bits per heavy atom. The van der Waals surface area contributed by atoms with Crippen LogP contribution in [-0.4, -0.2) is 68.7 Å². The van der Waals surface area contributed by atoms with Crippen LogP contribution in [0.15, 0.2) is 59.5 Å². The van der Waals surface area contributed by atoms with Gasteiger partial charge in [0.1, 0.15) is 5.75 Å². The molecule has 0 saturated heterocycles. The molecule has 0 aliphatic carbocycles. The molecular weight excluding hydrogens is 461 g/mol. The first kappa shape index (κ1) is 27.8. The van der Waals surface area contributed by atoms with Crippen molar-refractivity contribution in [1.29, 1.82) is 0 Å². The van der Waals surface area contributed by atoms with Crippen molar-refractivity contribution in [3.63, 3.8) is 0 Å². The number of carbonyl (C=O) groups excluding carboxylic acids is 2. The number of benzene rings is 2. The van der Waals surface area contributed by atoms with Gasteiger partial charge in [0, 0.05) is 30.9 Å². The number of carbonyl (C=O) groups is 3. The fourth-order valence-corrected chi connectivity index (χ4v) is 3.51. The number of Topliss-reactive ketones (excluding diaryl/α,β-unsaturated/α-hetero) is 1. The van der Waals surface area contributed by atoms with Crippen LogP contribution in [0.5, 0.6) is 5.75 Å². The van der Waals surface area contributed by atoms with E-state index < -0.39 is 17.6 Å². The van der Waals surface area contributed by atoms with Crippen molar-refractivity contribution in [2.24, 2.45) is 7.05 Å². The van der Waals surface area contributed by atoms with E-state index in [4.69, 9.17) is 5.11 Å². The van der Waals surface area contributed by atoms with Crippen LogP contribution in [0.25, 0.3) is 11.1 Å². The Kier molecular flexibility index (Phi) is 9.41. The Hall–Kier alpha value is -3.40. The van der Waals surface area contributed by atoms with E-state index in [1.807, 2.05) is 6.07 Å². The molecule has 0 fully saturated rings. The zero-order chi connectivity index (χ0) is 25.0. The molecule has 2 aromatic carbocycles. The van der Waals surface area contributed by atoms with E-state index in [9.17, 15) is 24.3 Å². The van der Waals surface area contributed by atoms with Gasteiger partial charge in [-0.15, -0.1) is 0 Å². The summed E-state index contributed by atoms with van der Waals surface area (Å²) in [6, 6.07) is 12.9. The standard InChI is InChI=1S/C25H25N3O6.Na.H/c1-15-14-27(3)24(33)22(23(15)32)28(25(34)26-11-10-21(30)31)20-9-5-8-19(13-20)18-7-4-6-17(12-18)16(2)29;;/h4-9,12-14,32H,10-11H2,1-3H3,(H,26,34)(H,30,31);;. The number of aromatic hydroxyl groups is 1. The number of carboxylic acid groups (broad SMARTS) is 1. The number of ketones is 1. The van der Waals surface area contributed by atoms with Gasteiger partial charge in [0.05, 0.1) is 12.1 Å². The van der Waals surface area contributed by atoms with Crippen LogP contribution >= 0.6 is 0 Å². The number of urea groups is 1. The fourth-order valence-electron chi connectivity index (χ4n) is 3.51. The second-order valence-corrected chi connectivity index (χ2v) is 7.82. The van der Waals surface area contributed by atoms with Crippen LogP contribution in [0.2, 0.25) is 0 Å². The van der Waals surface area contributed by atoms with Crippen molar-refractivity contribution >= 4 is 58.7 Å². The molecule has 0 radical (unpaired) electrons. The summed E-state index contributed by atoms with van der Waals surface area (Å²) in [6.45, 7) is 2.90. The molecule has 0 bridgehead atoms.